The summed E-state index contributed by atoms with van der Waals surface area (Å²) in [5, 5.41) is 8.85. The van der Waals surface area contributed by atoms with E-state index in [2.05, 4.69) is 31.2 Å². The average Bonchev–Trinajstić information content (AvgIpc) is 3.17. The third-order valence-electron chi connectivity index (χ3n) is 6.14. The molecule has 172 valence electrons. The Balaban J connectivity index is 1.38. The molecule has 0 atom stereocenters. The highest BCUT2D eigenvalue weighted by Crippen LogP contribution is 2.35. The molecule has 0 saturated heterocycles. The van der Waals surface area contributed by atoms with E-state index in [0.29, 0.717) is 25.3 Å². The summed E-state index contributed by atoms with van der Waals surface area (Å²) in [6, 6.07) is 14.4. The number of ether oxygens (including phenoxy) is 1. The van der Waals surface area contributed by atoms with Gasteiger partial charge in [0, 0.05) is 24.0 Å². The molecule has 0 radical (unpaired) electrons. The number of benzene rings is 2. The number of hydrogen-bond donors (Lipinski definition) is 1. The second-order valence-corrected chi connectivity index (χ2v) is 8.64. The largest absolute Gasteiger partial charge is 0.493 e. The highest BCUT2D eigenvalue weighted by Gasteiger charge is 2.17. The topological polar surface area (TPSA) is 72.6 Å². The summed E-state index contributed by atoms with van der Waals surface area (Å²) >= 11 is 0. The van der Waals surface area contributed by atoms with Crippen molar-refractivity contribution in [1.29, 1.82) is 0 Å². The van der Waals surface area contributed by atoms with Crippen molar-refractivity contribution in [2.75, 3.05) is 6.61 Å². The Kier molecular flexibility index (Phi) is 7.28. The molecule has 33 heavy (non-hydrogen) atoms. The fourth-order valence-corrected chi connectivity index (χ4v) is 4.33. The predicted molar refractivity (Wildman–Crippen MR) is 129 cm³/mol. The van der Waals surface area contributed by atoms with Gasteiger partial charge >= 0.3 is 5.97 Å². The second-order valence-electron chi connectivity index (χ2n) is 8.64. The van der Waals surface area contributed by atoms with Crippen molar-refractivity contribution < 1.29 is 19.1 Å². The molecule has 0 spiro atoms. The second kappa shape index (κ2) is 10.5. The quantitative estimate of drug-likeness (QED) is 0.358. The number of carbonyl (C=O) groups is 1. The molecule has 1 heterocycles. The van der Waals surface area contributed by atoms with Crippen molar-refractivity contribution in [2.24, 2.45) is 0 Å². The van der Waals surface area contributed by atoms with Gasteiger partial charge in [-0.25, -0.2) is 4.98 Å². The van der Waals surface area contributed by atoms with Gasteiger partial charge in [-0.3, -0.25) is 4.79 Å². The molecule has 0 bridgehead atoms. The lowest BCUT2D eigenvalue weighted by molar-refractivity contribution is -0.137. The number of fused-ring (bicyclic) bond motifs is 1. The summed E-state index contributed by atoms with van der Waals surface area (Å²) in [6.07, 6.45) is 7.66. The van der Waals surface area contributed by atoms with Crippen LogP contribution in [0.25, 0.3) is 17.0 Å². The van der Waals surface area contributed by atoms with Gasteiger partial charge in [0.05, 0.1) is 12.3 Å². The zero-order valence-corrected chi connectivity index (χ0v) is 19.4. The molecular weight excluding hydrogens is 414 g/mol. The molecular formula is C28H31NO4. The number of aryl methyl sites for hydroxylation is 2. The minimum absolute atomic E-state index is 0.233. The number of aromatic nitrogens is 1. The minimum Gasteiger partial charge on any atom is -0.493 e. The van der Waals surface area contributed by atoms with Crippen molar-refractivity contribution >= 4 is 11.5 Å². The van der Waals surface area contributed by atoms with Crippen LogP contribution in [0.4, 0.5) is 0 Å². The van der Waals surface area contributed by atoms with Gasteiger partial charge in [-0.2, -0.15) is 0 Å². The third-order valence-corrected chi connectivity index (χ3v) is 6.14. The zero-order valence-electron chi connectivity index (χ0n) is 19.4. The van der Waals surface area contributed by atoms with Crippen molar-refractivity contribution in [3.8, 4) is 17.2 Å². The summed E-state index contributed by atoms with van der Waals surface area (Å²) < 4.78 is 12.1. The maximum atomic E-state index is 10.8. The van der Waals surface area contributed by atoms with Crippen LogP contribution in [0.3, 0.4) is 0 Å². The Labute approximate surface area is 195 Å². The molecule has 1 aromatic heterocycles. The van der Waals surface area contributed by atoms with Crippen molar-refractivity contribution in [3.63, 3.8) is 0 Å². The fourth-order valence-electron chi connectivity index (χ4n) is 4.33. The highest BCUT2D eigenvalue weighted by atomic mass is 16.5. The predicted octanol–water partition coefficient (Wildman–Crippen LogP) is 6.55. The van der Waals surface area contributed by atoms with Crippen molar-refractivity contribution in [2.45, 2.75) is 58.8 Å². The van der Waals surface area contributed by atoms with Gasteiger partial charge in [-0.05, 0) is 75.3 Å². The maximum Gasteiger partial charge on any atom is 0.303 e. The van der Waals surface area contributed by atoms with E-state index < -0.39 is 5.97 Å². The Bertz CT molecular complexity index is 1140. The Morgan fingerprint density at radius 2 is 1.91 bits per heavy atom. The molecule has 1 N–H and O–H groups in total. The summed E-state index contributed by atoms with van der Waals surface area (Å²) in [5.74, 6) is 1.69. The molecule has 0 fully saturated rings. The molecule has 2 aromatic carbocycles. The molecule has 0 amide bonds. The first-order valence-corrected chi connectivity index (χ1v) is 11.7. The van der Waals surface area contributed by atoms with Gasteiger partial charge in [-0.15, -0.1) is 0 Å². The van der Waals surface area contributed by atoms with Gasteiger partial charge in [0.15, 0.2) is 0 Å². The standard InChI is InChI=1S/C28H31NO4/c1-19-13-15-22(16-14-19)28-29-25(20(2)33-28)17-18-32-26-11-6-9-23-21(8-5-10-24(23)26)7-3-4-12-27(30)31/h6,8-9,11,13-16H,3-5,7,10,12,17-18H2,1-2H3,(H,30,31). The van der Waals surface area contributed by atoms with Crippen LogP contribution in [-0.4, -0.2) is 22.7 Å². The van der Waals surface area contributed by atoms with Crippen LogP contribution in [0.1, 0.15) is 60.2 Å². The number of oxazole rings is 1. The number of nitrogens with zero attached hydrogens (tertiary/aromatic N) is 1. The van der Waals surface area contributed by atoms with Crippen LogP contribution in [0.2, 0.25) is 0 Å². The molecule has 1 aliphatic rings. The Morgan fingerprint density at radius 1 is 1.09 bits per heavy atom. The summed E-state index contributed by atoms with van der Waals surface area (Å²) in [4.78, 5) is 15.5. The van der Waals surface area contributed by atoms with Crippen LogP contribution in [0.15, 0.2) is 53.0 Å². The van der Waals surface area contributed by atoms with Gasteiger partial charge in [0.2, 0.25) is 5.89 Å². The summed E-state index contributed by atoms with van der Waals surface area (Å²) in [5.41, 5.74) is 6.92. The number of carboxylic acids is 1. The first-order valence-electron chi connectivity index (χ1n) is 11.7. The lowest BCUT2D eigenvalue weighted by Gasteiger charge is -2.21. The molecule has 1 aliphatic carbocycles. The maximum absolute atomic E-state index is 10.8. The van der Waals surface area contributed by atoms with E-state index in [4.69, 9.17) is 19.2 Å². The van der Waals surface area contributed by atoms with E-state index >= 15 is 0 Å². The van der Waals surface area contributed by atoms with E-state index in [-0.39, 0.29) is 6.42 Å². The number of rotatable bonds is 10. The lowest BCUT2D eigenvalue weighted by atomic mass is 9.87. The summed E-state index contributed by atoms with van der Waals surface area (Å²) in [6.45, 7) is 4.55. The van der Waals surface area contributed by atoms with Crippen LogP contribution < -0.4 is 4.74 Å². The molecule has 0 unspecified atom stereocenters. The Hall–Kier alpha value is -3.34. The minimum atomic E-state index is -0.725. The van der Waals surface area contributed by atoms with E-state index in [9.17, 15) is 4.79 Å². The number of aliphatic carboxylic acids is 1. The van der Waals surface area contributed by atoms with Crippen LogP contribution in [0, 0.1) is 13.8 Å². The molecule has 3 aromatic rings. The van der Waals surface area contributed by atoms with Gasteiger partial charge in [0.25, 0.3) is 0 Å². The normalized spacial score (nSPS) is 12.8. The van der Waals surface area contributed by atoms with Crippen molar-refractivity contribution in [1.82, 2.24) is 4.98 Å². The zero-order chi connectivity index (χ0) is 23.2. The highest BCUT2D eigenvalue weighted by molar-refractivity contribution is 5.72. The Morgan fingerprint density at radius 3 is 2.70 bits per heavy atom. The van der Waals surface area contributed by atoms with E-state index in [1.807, 2.05) is 31.2 Å². The van der Waals surface area contributed by atoms with Crippen molar-refractivity contribution in [3.05, 3.63) is 76.7 Å². The summed E-state index contributed by atoms with van der Waals surface area (Å²) in [7, 11) is 0. The fraction of sp³-hybridized carbons (Fsp3) is 0.357. The molecule has 4 rings (SSSR count). The first kappa shape index (κ1) is 22.8. The van der Waals surface area contributed by atoms with Gasteiger partial charge in [0.1, 0.15) is 11.5 Å². The van der Waals surface area contributed by atoms with E-state index in [1.165, 1.54) is 22.3 Å². The molecule has 5 heteroatoms. The average molecular weight is 446 g/mol. The lowest BCUT2D eigenvalue weighted by Crippen LogP contribution is -2.08. The molecule has 0 aliphatic heterocycles. The number of allylic oxidation sites excluding steroid dienone is 2. The molecule has 0 saturated carbocycles. The SMILES string of the molecule is Cc1ccc(-c2nc(CCOc3cccc4c3CCC=C4CCCCC(=O)O)c(C)o2)cc1. The van der Waals surface area contributed by atoms with E-state index in [0.717, 1.165) is 48.5 Å². The first-order chi connectivity index (χ1) is 16.0. The van der Waals surface area contributed by atoms with Gasteiger partial charge in [-0.1, -0.05) is 35.9 Å². The van der Waals surface area contributed by atoms with Crippen LogP contribution >= 0.6 is 0 Å². The third kappa shape index (κ3) is 5.72. The number of hydrogen-bond acceptors (Lipinski definition) is 4. The smallest absolute Gasteiger partial charge is 0.303 e. The van der Waals surface area contributed by atoms with E-state index in [1.54, 1.807) is 0 Å². The monoisotopic (exact) mass is 445 g/mol. The van der Waals surface area contributed by atoms with Gasteiger partial charge < -0.3 is 14.3 Å². The van der Waals surface area contributed by atoms with Crippen LogP contribution in [0.5, 0.6) is 5.75 Å². The number of carboxylic acid groups (broad SMARTS) is 1. The van der Waals surface area contributed by atoms with Crippen LogP contribution in [-0.2, 0) is 17.6 Å². The number of unbranched alkanes of at least 4 members (excludes halogenated alkanes) is 1. The molecule has 5 nitrogen and oxygen atoms in total.